The molecule has 2 aliphatic heterocycles. The van der Waals surface area contributed by atoms with Crippen LogP contribution in [0.25, 0.3) is 0 Å². The maximum absolute atomic E-state index is 14.8. The number of pyridine rings is 1. The van der Waals surface area contributed by atoms with E-state index in [0.717, 1.165) is 75.0 Å². The number of carboxylic acid groups (broad SMARTS) is 1. The number of nitrogens with one attached hydrogen (secondary N) is 1. The van der Waals surface area contributed by atoms with Crippen LogP contribution < -0.4 is 10.1 Å². The Bertz CT molecular complexity index is 1170. The summed E-state index contributed by atoms with van der Waals surface area (Å²) < 4.78 is 31.6. The van der Waals surface area contributed by atoms with E-state index in [1.807, 2.05) is 18.7 Å². The van der Waals surface area contributed by atoms with Gasteiger partial charge in [0.25, 0.3) is 0 Å². The lowest BCUT2D eigenvalue weighted by Gasteiger charge is -2.27. The second-order valence-electron chi connectivity index (χ2n) is 11.5. The van der Waals surface area contributed by atoms with Gasteiger partial charge in [0.15, 0.2) is 11.6 Å². The van der Waals surface area contributed by atoms with Gasteiger partial charge in [0.2, 0.25) is 0 Å². The van der Waals surface area contributed by atoms with Crippen LogP contribution in [0.5, 0.6) is 5.75 Å². The fourth-order valence-electron chi connectivity index (χ4n) is 5.98. The van der Waals surface area contributed by atoms with Crippen LogP contribution in [0.4, 0.5) is 10.2 Å². The fraction of sp³-hybridized carbons (Fsp3) is 0.625. The minimum atomic E-state index is -1.01. The molecule has 0 amide bonds. The van der Waals surface area contributed by atoms with E-state index in [1.165, 1.54) is 24.3 Å². The summed E-state index contributed by atoms with van der Waals surface area (Å²) in [4.78, 5) is 19.1. The van der Waals surface area contributed by atoms with Gasteiger partial charge in [-0.25, -0.2) is 9.37 Å². The highest BCUT2D eigenvalue weighted by Gasteiger charge is 2.36. The average Bonchev–Trinajstić information content (AvgIpc) is 3.41. The molecule has 1 saturated heterocycles. The molecular weight excluding hydrogens is 525 g/mol. The number of fused-ring (bicyclic) bond motifs is 1. The molecule has 2 atom stereocenters. The first-order valence-electron chi connectivity index (χ1n) is 15.0. The molecule has 1 fully saturated rings. The molecule has 2 N–H and O–H groups in total. The normalized spacial score (nSPS) is 17.9. The average molecular weight is 572 g/mol. The molecular formula is C32H46FN3O5. The first kappa shape index (κ1) is 31.2. The third-order valence-electron chi connectivity index (χ3n) is 8.21. The summed E-state index contributed by atoms with van der Waals surface area (Å²) in [6.45, 7) is 7.31. The van der Waals surface area contributed by atoms with Gasteiger partial charge in [-0.3, -0.25) is 9.69 Å². The Labute approximate surface area is 243 Å². The van der Waals surface area contributed by atoms with Crippen LogP contribution in [-0.2, 0) is 33.5 Å². The number of methoxy groups -OCH3 is 2. The third-order valence-corrected chi connectivity index (χ3v) is 8.21. The predicted octanol–water partition coefficient (Wildman–Crippen LogP) is 5.53. The molecule has 8 nitrogen and oxygen atoms in total. The summed E-state index contributed by atoms with van der Waals surface area (Å²) in [5.74, 6) is -0.428. The summed E-state index contributed by atoms with van der Waals surface area (Å²) in [7, 11) is 3.12. The number of halogens is 1. The topological polar surface area (TPSA) is 93.2 Å². The van der Waals surface area contributed by atoms with E-state index in [0.29, 0.717) is 31.9 Å². The molecule has 0 saturated carbocycles. The largest absolute Gasteiger partial charge is 0.493 e. The van der Waals surface area contributed by atoms with E-state index in [-0.39, 0.29) is 17.8 Å². The van der Waals surface area contributed by atoms with E-state index in [4.69, 9.17) is 19.2 Å². The number of aliphatic carboxylic acids is 1. The number of carboxylic acids is 1. The van der Waals surface area contributed by atoms with Crippen LogP contribution in [0, 0.1) is 5.82 Å². The van der Waals surface area contributed by atoms with Gasteiger partial charge in [0.05, 0.1) is 19.8 Å². The molecule has 226 valence electrons. The summed E-state index contributed by atoms with van der Waals surface area (Å²) in [6, 6.07) is 4.47. The summed E-state index contributed by atoms with van der Waals surface area (Å²) in [5, 5.41) is 13.6. The Morgan fingerprint density at radius 2 is 2.00 bits per heavy atom. The van der Waals surface area contributed by atoms with Gasteiger partial charge in [0, 0.05) is 44.6 Å². The fourth-order valence-corrected chi connectivity index (χ4v) is 5.98. The second-order valence-corrected chi connectivity index (χ2v) is 11.5. The van der Waals surface area contributed by atoms with Crippen molar-refractivity contribution in [1.29, 1.82) is 0 Å². The van der Waals surface area contributed by atoms with E-state index >= 15 is 0 Å². The third kappa shape index (κ3) is 7.96. The predicted molar refractivity (Wildman–Crippen MR) is 158 cm³/mol. The van der Waals surface area contributed by atoms with Crippen molar-refractivity contribution in [3.8, 4) is 5.75 Å². The zero-order valence-electron chi connectivity index (χ0n) is 25.0. The van der Waals surface area contributed by atoms with Crippen LogP contribution in [0.1, 0.15) is 85.9 Å². The molecule has 9 heteroatoms. The van der Waals surface area contributed by atoms with Crippen LogP contribution in [0.3, 0.4) is 0 Å². The van der Waals surface area contributed by atoms with Crippen molar-refractivity contribution < 1.29 is 28.5 Å². The van der Waals surface area contributed by atoms with Crippen LogP contribution in [0.15, 0.2) is 18.2 Å². The number of hydrogen-bond donors (Lipinski definition) is 2. The number of aromatic nitrogens is 1. The molecule has 0 aliphatic carbocycles. The summed E-state index contributed by atoms with van der Waals surface area (Å²) >= 11 is 0. The Morgan fingerprint density at radius 1 is 1.17 bits per heavy atom. The van der Waals surface area contributed by atoms with Crippen molar-refractivity contribution in [3.05, 3.63) is 52.0 Å². The zero-order valence-corrected chi connectivity index (χ0v) is 25.0. The van der Waals surface area contributed by atoms with E-state index in [1.54, 1.807) is 13.2 Å². The molecule has 1 unspecified atom stereocenters. The van der Waals surface area contributed by atoms with Crippen LogP contribution in [-0.4, -0.2) is 74.1 Å². The SMILES string of the molecule is COCCc1cc(CCCCCO[C@@H]2CCN(C(C(=O)O)c3cc(C(C)C)cc(F)c3OC)C2)nc2c1CCCN2. The minimum Gasteiger partial charge on any atom is -0.493 e. The van der Waals surface area contributed by atoms with Gasteiger partial charge in [-0.2, -0.15) is 0 Å². The number of rotatable bonds is 15. The number of carbonyl (C=O) groups is 1. The standard InChI is InChI=1S/C32H46FN3O5/c1-21(2)23-18-27(30(40-4)28(33)19-23)29(32(37)38)36-14-11-25(20-36)41-15-7-5-6-9-24-17-22(12-16-39-3)26-10-8-13-34-31(26)35-24/h17-19,21,25,29H,5-16,20H2,1-4H3,(H,34,35)(H,37,38)/t25-,29?/m1/s1. The second kappa shape index (κ2) is 14.9. The minimum absolute atomic E-state index is 0.00110. The van der Waals surface area contributed by atoms with Gasteiger partial charge >= 0.3 is 5.97 Å². The molecule has 2 aliphatic rings. The van der Waals surface area contributed by atoms with E-state index < -0.39 is 17.8 Å². The van der Waals surface area contributed by atoms with Gasteiger partial charge in [-0.1, -0.05) is 20.3 Å². The maximum atomic E-state index is 14.8. The Kier molecular flexibility index (Phi) is 11.4. The highest BCUT2D eigenvalue weighted by Crippen LogP contribution is 2.37. The lowest BCUT2D eigenvalue weighted by atomic mass is 9.95. The number of likely N-dealkylation sites (tertiary alicyclic amines) is 1. The van der Waals surface area contributed by atoms with Crippen molar-refractivity contribution in [2.24, 2.45) is 0 Å². The molecule has 41 heavy (non-hydrogen) atoms. The van der Waals surface area contributed by atoms with Crippen molar-refractivity contribution in [1.82, 2.24) is 9.88 Å². The van der Waals surface area contributed by atoms with E-state index in [9.17, 15) is 14.3 Å². The Morgan fingerprint density at radius 3 is 2.73 bits per heavy atom. The van der Waals surface area contributed by atoms with Gasteiger partial charge in [0.1, 0.15) is 11.9 Å². The van der Waals surface area contributed by atoms with Crippen LogP contribution >= 0.6 is 0 Å². The zero-order chi connectivity index (χ0) is 29.4. The number of benzene rings is 1. The lowest BCUT2D eigenvalue weighted by Crippen LogP contribution is -2.34. The quantitative estimate of drug-likeness (QED) is 0.270. The highest BCUT2D eigenvalue weighted by molar-refractivity contribution is 5.77. The number of ether oxygens (including phenoxy) is 3. The Balaban J connectivity index is 1.26. The van der Waals surface area contributed by atoms with Gasteiger partial charge < -0.3 is 24.6 Å². The van der Waals surface area contributed by atoms with Crippen molar-refractivity contribution in [2.75, 3.05) is 52.4 Å². The molecule has 0 radical (unpaired) electrons. The monoisotopic (exact) mass is 571 g/mol. The lowest BCUT2D eigenvalue weighted by molar-refractivity contribution is -0.143. The molecule has 0 bridgehead atoms. The summed E-state index contributed by atoms with van der Waals surface area (Å²) in [5.41, 5.74) is 4.94. The number of anilines is 1. The van der Waals surface area contributed by atoms with Gasteiger partial charge in [-0.15, -0.1) is 0 Å². The van der Waals surface area contributed by atoms with Gasteiger partial charge in [-0.05, 0) is 85.8 Å². The number of unbranched alkanes of at least 4 members (excludes halogenated alkanes) is 2. The molecule has 1 aromatic heterocycles. The molecule has 1 aromatic carbocycles. The smallest absolute Gasteiger partial charge is 0.325 e. The summed E-state index contributed by atoms with van der Waals surface area (Å²) in [6.07, 6.45) is 7.77. The number of hydrogen-bond acceptors (Lipinski definition) is 7. The molecule has 3 heterocycles. The first-order valence-corrected chi connectivity index (χ1v) is 15.0. The molecule has 0 spiro atoms. The maximum Gasteiger partial charge on any atom is 0.325 e. The highest BCUT2D eigenvalue weighted by atomic mass is 19.1. The van der Waals surface area contributed by atoms with Crippen molar-refractivity contribution in [2.45, 2.75) is 83.3 Å². The van der Waals surface area contributed by atoms with Crippen molar-refractivity contribution in [3.63, 3.8) is 0 Å². The number of aryl methyl sites for hydroxylation is 1. The Hall–Kier alpha value is -2.75. The molecule has 2 aromatic rings. The van der Waals surface area contributed by atoms with Crippen molar-refractivity contribution >= 4 is 11.8 Å². The first-order chi connectivity index (χ1) is 19.8. The van der Waals surface area contributed by atoms with Crippen LogP contribution in [0.2, 0.25) is 0 Å². The molecule has 4 rings (SSSR count). The van der Waals surface area contributed by atoms with E-state index in [2.05, 4.69) is 11.4 Å². The number of nitrogens with zero attached hydrogens (tertiary/aromatic N) is 2.